The lowest BCUT2D eigenvalue weighted by molar-refractivity contribution is -0.140. The number of aliphatic carboxylic acids is 1. The maximum Gasteiger partial charge on any atom is 0.326 e. The molecule has 102 valence electrons. The van der Waals surface area contributed by atoms with Crippen molar-refractivity contribution in [2.24, 2.45) is 5.73 Å². The summed E-state index contributed by atoms with van der Waals surface area (Å²) in [7, 11) is 0. The highest BCUT2D eigenvalue weighted by molar-refractivity contribution is 5.87. The standard InChI is InChI=1S/C11H19N3O4/c1-4-14(6-7(2)3)11(18)13-8(10(16)17)5-9(12)15/h8H,2,4-6H2,1,3H3,(H2,12,15)(H,13,18)(H,16,17). The first-order valence-electron chi connectivity index (χ1n) is 5.48. The van der Waals surface area contributed by atoms with Gasteiger partial charge in [-0.1, -0.05) is 12.2 Å². The molecule has 0 radical (unpaired) electrons. The van der Waals surface area contributed by atoms with Gasteiger partial charge in [0.05, 0.1) is 6.42 Å². The fraction of sp³-hybridized carbons (Fsp3) is 0.545. The van der Waals surface area contributed by atoms with Crippen molar-refractivity contribution in [1.29, 1.82) is 0 Å². The van der Waals surface area contributed by atoms with Gasteiger partial charge in [-0.05, 0) is 13.8 Å². The summed E-state index contributed by atoms with van der Waals surface area (Å²) in [6, 6.07) is -1.87. The van der Waals surface area contributed by atoms with Crippen LogP contribution in [0.4, 0.5) is 4.79 Å². The molecular weight excluding hydrogens is 238 g/mol. The Labute approximate surface area is 106 Å². The second kappa shape index (κ2) is 7.31. The number of primary amides is 1. The summed E-state index contributed by atoms with van der Waals surface area (Å²) in [5, 5.41) is 11.1. The Balaban J connectivity index is 4.60. The van der Waals surface area contributed by atoms with Crippen molar-refractivity contribution in [2.45, 2.75) is 26.3 Å². The predicted molar refractivity (Wildman–Crippen MR) is 65.8 cm³/mol. The summed E-state index contributed by atoms with van der Waals surface area (Å²) < 4.78 is 0. The number of nitrogens with two attached hydrogens (primary N) is 1. The van der Waals surface area contributed by atoms with Gasteiger partial charge in [-0.25, -0.2) is 9.59 Å². The van der Waals surface area contributed by atoms with Gasteiger partial charge < -0.3 is 21.1 Å². The minimum Gasteiger partial charge on any atom is -0.480 e. The lowest BCUT2D eigenvalue weighted by atomic mass is 10.2. The molecule has 1 atom stereocenters. The van der Waals surface area contributed by atoms with Gasteiger partial charge in [-0.2, -0.15) is 0 Å². The van der Waals surface area contributed by atoms with E-state index in [1.54, 1.807) is 13.8 Å². The van der Waals surface area contributed by atoms with Crippen LogP contribution < -0.4 is 11.1 Å². The molecule has 3 amide bonds. The zero-order chi connectivity index (χ0) is 14.3. The predicted octanol–water partition coefficient (Wildman–Crippen LogP) is -0.0774. The zero-order valence-corrected chi connectivity index (χ0v) is 10.6. The highest BCUT2D eigenvalue weighted by Crippen LogP contribution is 1.99. The third kappa shape index (κ3) is 5.88. The Bertz CT molecular complexity index is 354. The number of hydrogen-bond acceptors (Lipinski definition) is 3. The molecule has 0 saturated heterocycles. The van der Waals surface area contributed by atoms with Crippen molar-refractivity contribution in [2.75, 3.05) is 13.1 Å². The highest BCUT2D eigenvalue weighted by Gasteiger charge is 2.24. The lowest BCUT2D eigenvalue weighted by Crippen LogP contribution is -2.49. The average Bonchev–Trinajstić information content (AvgIpc) is 2.23. The molecule has 0 rings (SSSR count). The second-order valence-electron chi connectivity index (χ2n) is 3.98. The molecule has 0 heterocycles. The molecule has 0 aromatic rings. The minimum absolute atomic E-state index is 0.325. The SMILES string of the molecule is C=C(C)CN(CC)C(=O)NC(CC(N)=O)C(=O)O. The molecular formula is C11H19N3O4. The Hall–Kier alpha value is -2.05. The Morgan fingerprint density at radius 1 is 1.44 bits per heavy atom. The summed E-state index contributed by atoms with van der Waals surface area (Å²) in [6.07, 6.45) is -0.439. The number of carboxylic acids is 1. The second-order valence-corrected chi connectivity index (χ2v) is 3.98. The van der Waals surface area contributed by atoms with Gasteiger partial charge in [0.1, 0.15) is 6.04 Å². The summed E-state index contributed by atoms with van der Waals surface area (Å²) in [4.78, 5) is 34.7. The lowest BCUT2D eigenvalue weighted by Gasteiger charge is -2.23. The van der Waals surface area contributed by atoms with Crippen LogP contribution in [0.3, 0.4) is 0 Å². The van der Waals surface area contributed by atoms with Gasteiger partial charge in [0.15, 0.2) is 0 Å². The molecule has 7 nitrogen and oxygen atoms in total. The zero-order valence-electron chi connectivity index (χ0n) is 10.6. The van der Waals surface area contributed by atoms with Crippen LogP contribution in [0.2, 0.25) is 0 Å². The van der Waals surface area contributed by atoms with E-state index in [9.17, 15) is 14.4 Å². The van der Waals surface area contributed by atoms with Gasteiger partial charge in [-0.3, -0.25) is 4.79 Å². The molecule has 1 unspecified atom stereocenters. The first-order valence-corrected chi connectivity index (χ1v) is 5.48. The summed E-state index contributed by atoms with van der Waals surface area (Å²) >= 11 is 0. The fourth-order valence-electron chi connectivity index (χ4n) is 1.29. The van der Waals surface area contributed by atoms with Gasteiger partial charge in [-0.15, -0.1) is 0 Å². The Morgan fingerprint density at radius 2 is 2.00 bits per heavy atom. The van der Waals surface area contributed by atoms with E-state index in [1.165, 1.54) is 4.90 Å². The molecule has 7 heteroatoms. The molecule has 4 N–H and O–H groups in total. The topological polar surface area (TPSA) is 113 Å². The van der Waals surface area contributed by atoms with Crippen molar-refractivity contribution in [1.82, 2.24) is 10.2 Å². The third-order valence-electron chi connectivity index (χ3n) is 2.13. The van der Waals surface area contributed by atoms with Crippen LogP contribution in [0.1, 0.15) is 20.3 Å². The number of rotatable bonds is 7. The molecule has 0 fully saturated rings. The van der Waals surface area contributed by atoms with Crippen LogP contribution >= 0.6 is 0 Å². The van der Waals surface area contributed by atoms with E-state index in [0.29, 0.717) is 13.1 Å². The van der Waals surface area contributed by atoms with Crippen LogP contribution in [-0.4, -0.2) is 47.0 Å². The molecule has 0 saturated carbocycles. The quantitative estimate of drug-likeness (QED) is 0.554. The minimum atomic E-state index is -1.31. The maximum atomic E-state index is 11.8. The highest BCUT2D eigenvalue weighted by atomic mass is 16.4. The maximum absolute atomic E-state index is 11.8. The summed E-state index contributed by atoms with van der Waals surface area (Å²) in [5.41, 5.74) is 5.69. The number of likely N-dealkylation sites (N-methyl/N-ethyl adjacent to an activating group) is 1. The smallest absolute Gasteiger partial charge is 0.326 e. The van der Waals surface area contributed by atoms with E-state index < -0.39 is 30.4 Å². The van der Waals surface area contributed by atoms with E-state index in [-0.39, 0.29) is 0 Å². The van der Waals surface area contributed by atoms with Crippen molar-refractivity contribution in [3.8, 4) is 0 Å². The van der Waals surface area contributed by atoms with E-state index in [1.807, 2.05) is 0 Å². The normalized spacial score (nSPS) is 11.4. The van der Waals surface area contributed by atoms with Gasteiger partial charge in [0, 0.05) is 13.1 Å². The van der Waals surface area contributed by atoms with E-state index >= 15 is 0 Å². The number of nitrogens with zero attached hydrogens (tertiary/aromatic N) is 1. The Morgan fingerprint density at radius 3 is 2.33 bits per heavy atom. The molecule has 0 aliphatic heterocycles. The number of hydrogen-bond donors (Lipinski definition) is 3. The monoisotopic (exact) mass is 257 g/mol. The summed E-state index contributed by atoms with van der Waals surface area (Å²) in [5.74, 6) is -2.08. The van der Waals surface area contributed by atoms with Crippen molar-refractivity contribution < 1.29 is 19.5 Å². The van der Waals surface area contributed by atoms with E-state index in [0.717, 1.165) is 5.57 Å². The number of carbonyl (C=O) groups excluding carboxylic acids is 2. The van der Waals surface area contributed by atoms with E-state index in [4.69, 9.17) is 10.8 Å². The number of carboxylic acid groups (broad SMARTS) is 1. The number of urea groups is 1. The number of amides is 3. The average molecular weight is 257 g/mol. The fourth-order valence-corrected chi connectivity index (χ4v) is 1.29. The van der Waals surface area contributed by atoms with Crippen LogP contribution in [0.15, 0.2) is 12.2 Å². The van der Waals surface area contributed by atoms with Crippen LogP contribution in [0, 0.1) is 0 Å². The van der Waals surface area contributed by atoms with Crippen molar-refractivity contribution >= 4 is 17.9 Å². The molecule has 0 aliphatic rings. The van der Waals surface area contributed by atoms with Crippen LogP contribution in [0.25, 0.3) is 0 Å². The van der Waals surface area contributed by atoms with Crippen molar-refractivity contribution in [3.63, 3.8) is 0 Å². The molecule has 18 heavy (non-hydrogen) atoms. The molecule has 0 aliphatic carbocycles. The first-order chi connectivity index (χ1) is 8.27. The third-order valence-corrected chi connectivity index (χ3v) is 2.13. The number of nitrogens with one attached hydrogen (secondary N) is 1. The Kier molecular flexibility index (Phi) is 6.48. The molecule has 0 aromatic carbocycles. The molecule has 0 aromatic heterocycles. The first kappa shape index (κ1) is 16.0. The summed E-state index contributed by atoms with van der Waals surface area (Å²) in [6.45, 7) is 7.92. The largest absolute Gasteiger partial charge is 0.480 e. The van der Waals surface area contributed by atoms with Crippen LogP contribution in [-0.2, 0) is 9.59 Å². The molecule has 0 spiro atoms. The molecule has 0 bridgehead atoms. The van der Waals surface area contributed by atoms with Crippen LogP contribution in [0.5, 0.6) is 0 Å². The van der Waals surface area contributed by atoms with Gasteiger partial charge in [0.2, 0.25) is 5.91 Å². The number of carbonyl (C=O) groups is 3. The van der Waals surface area contributed by atoms with Crippen molar-refractivity contribution in [3.05, 3.63) is 12.2 Å². The van der Waals surface area contributed by atoms with Gasteiger partial charge in [0.25, 0.3) is 0 Å². The van der Waals surface area contributed by atoms with E-state index in [2.05, 4.69) is 11.9 Å². The van der Waals surface area contributed by atoms with Gasteiger partial charge >= 0.3 is 12.0 Å².